The van der Waals surface area contributed by atoms with E-state index in [2.05, 4.69) is 65.8 Å². The minimum atomic E-state index is -1.36. The molecule has 0 N–H and O–H groups in total. The number of carboxylic acid groups (broad SMARTS) is 2. The average molecular weight is 1090 g/mol. The molecule has 0 saturated heterocycles. The maximum absolute atomic E-state index is 12.0. The van der Waals surface area contributed by atoms with Gasteiger partial charge in [-0.25, -0.2) is 9.59 Å². The van der Waals surface area contributed by atoms with Crippen LogP contribution in [0.2, 0.25) is 0 Å². The van der Waals surface area contributed by atoms with Crippen LogP contribution in [0.5, 0.6) is 0 Å². The first-order chi connectivity index (χ1) is 34.2. The van der Waals surface area contributed by atoms with Gasteiger partial charge in [0.25, 0.3) is 0 Å². The summed E-state index contributed by atoms with van der Waals surface area (Å²) in [6.07, 6.45) is 51.0. The average Bonchev–Trinajstić information content (AvgIpc) is 3.37. The van der Waals surface area contributed by atoms with E-state index in [1.54, 1.807) is 24.3 Å². The molecular weight excluding hydrogens is 991 g/mol. The zero-order chi connectivity index (χ0) is 52.0. The van der Waals surface area contributed by atoms with Gasteiger partial charge in [0.1, 0.15) is 0 Å². The van der Waals surface area contributed by atoms with Crippen LogP contribution < -0.4 is 10.2 Å². The Bertz CT molecular complexity index is 1440. The van der Waals surface area contributed by atoms with Crippen molar-refractivity contribution >= 4 is 47.8 Å². The molecule has 0 saturated carbocycles. The Morgan fingerprint density at radius 1 is 0.380 bits per heavy atom. The Balaban J connectivity index is -0.000000986. The van der Waals surface area contributed by atoms with Gasteiger partial charge in [-0.15, -0.1) is 0 Å². The summed E-state index contributed by atoms with van der Waals surface area (Å²) >= 11 is 0. The predicted molar refractivity (Wildman–Crippen MR) is 297 cm³/mol. The van der Waals surface area contributed by atoms with Gasteiger partial charge in [-0.2, -0.15) is 0 Å². The first-order valence-electron chi connectivity index (χ1n) is 28.0. The van der Waals surface area contributed by atoms with E-state index in [-0.39, 0.29) is 46.2 Å². The molecule has 9 heteroatoms. The van der Waals surface area contributed by atoms with Crippen LogP contribution in [-0.4, -0.2) is 61.0 Å². The van der Waals surface area contributed by atoms with Gasteiger partial charge in [0.15, 0.2) is 0 Å². The molecule has 0 aliphatic heterocycles. The van der Waals surface area contributed by atoms with Crippen molar-refractivity contribution < 1.29 is 38.9 Å². The van der Waals surface area contributed by atoms with E-state index >= 15 is 0 Å². The first kappa shape index (κ1) is 71.8. The number of rotatable bonds is 40. The summed E-state index contributed by atoms with van der Waals surface area (Å²) in [5.74, 6) is -3.92. The molecule has 0 bridgehead atoms. The number of benzene rings is 2. The molecule has 400 valence electrons. The summed E-state index contributed by atoms with van der Waals surface area (Å²) in [5, 5.41) is 22.0. The molecule has 0 heterocycles. The monoisotopic (exact) mass is 1090 g/mol. The molecule has 0 atom stereocenters. The molecule has 2 rings (SSSR count). The van der Waals surface area contributed by atoms with Crippen LogP contribution in [0.25, 0.3) is 0 Å². The number of carbonyl (C=O) groups excluding carboxylic acids is 4. The maximum Gasteiger partial charge on any atom is 2.00 e. The van der Waals surface area contributed by atoms with E-state index in [9.17, 15) is 29.4 Å². The number of carboxylic acids is 2. The standard InChI is InChI=1S/2C23H34O4.2C8H17.Sn/c2*1-2-3-4-5-6-7-8-9-10-11-12-13-16-19-27-23(26)21-18-15-14-17-20(21)22(24)25;2*1-3-5-7-8-6-4-2;/h2*5-6,14-15,17-18H,2-4,7-13,16,19H2,1H3,(H,24,25);2*1,3-8H2,2H3;/q;;;;+2/p-2/b2*6-5+;;;. The normalized spacial score (nSPS) is 10.6. The number of ether oxygens (including phenoxy) is 2. The maximum atomic E-state index is 12.0. The molecule has 0 aliphatic rings. The fraction of sp³-hybridized carbons (Fsp3) is 0.645. The second kappa shape index (κ2) is 57.5. The fourth-order valence-corrected chi connectivity index (χ4v) is 7.34. The van der Waals surface area contributed by atoms with Crippen molar-refractivity contribution in [2.24, 2.45) is 0 Å². The molecule has 2 aromatic rings. The SMILES string of the molecule is CCCC/C=C/CCCCCCCCCOC(=O)c1ccccc1C(=O)[O-].CCCC/C=C/CCCCCCCCCOC(=O)c1ccccc1C(=O)[O-].[CH2]CCCCCCC.[CH2]CCCCCCC.[Sn+2]. The Kier molecular flexibility index (Phi) is 58.2. The zero-order valence-electron chi connectivity index (χ0n) is 45.6. The third-order valence-electron chi connectivity index (χ3n) is 11.7. The molecule has 2 aromatic carbocycles. The number of allylic oxidation sites excluding steroid dienone is 4. The smallest absolute Gasteiger partial charge is 0.545 e. The molecule has 0 amide bonds. The third-order valence-corrected chi connectivity index (χ3v) is 11.7. The van der Waals surface area contributed by atoms with Crippen LogP contribution in [0.4, 0.5) is 0 Å². The molecule has 8 nitrogen and oxygen atoms in total. The van der Waals surface area contributed by atoms with Crippen LogP contribution in [-0.2, 0) is 9.47 Å². The molecule has 71 heavy (non-hydrogen) atoms. The van der Waals surface area contributed by atoms with Gasteiger partial charge in [0, 0.05) is 11.1 Å². The third kappa shape index (κ3) is 47.4. The number of hydrogen-bond acceptors (Lipinski definition) is 8. The second-order valence-corrected chi connectivity index (χ2v) is 18.2. The molecule has 0 fully saturated rings. The summed E-state index contributed by atoms with van der Waals surface area (Å²) in [6, 6.07) is 12.0. The minimum Gasteiger partial charge on any atom is -0.545 e. The fourth-order valence-electron chi connectivity index (χ4n) is 7.34. The number of carbonyl (C=O) groups is 4. The Hall–Kier alpha value is -3.40. The van der Waals surface area contributed by atoms with E-state index in [1.165, 1.54) is 191 Å². The van der Waals surface area contributed by atoms with Crippen molar-refractivity contribution in [2.45, 2.75) is 246 Å². The van der Waals surface area contributed by atoms with Gasteiger partial charge in [0.05, 0.1) is 36.3 Å². The van der Waals surface area contributed by atoms with Gasteiger partial charge in [-0.3, -0.25) is 0 Å². The van der Waals surface area contributed by atoms with E-state index in [1.807, 2.05) is 0 Å². The van der Waals surface area contributed by atoms with E-state index in [0.717, 1.165) is 51.4 Å². The summed E-state index contributed by atoms with van der Waals surface area (Å²) < 4.78 is 10.4. The first-order valence-corrected chi connectivity index (χ1v) is 28.0. The number of unbranched alkanes of at least 4 members (excludes halogenated alkanes) is 28. The topological polar surface area (TPSA) is 133 Å². The summed E-state index contributed by atoms with van der Waals surface area (Å²) in [5.41, 5.74) is -0.132. The van der Waals surface area contributed by atoms with E-state index < -0.39 is 23.9 Å². The number of esters is 2. The summed E-state index contributed by atoms with van der Waals surface area (Å²) in [4.78, 5) is 45.9. The van der Waals surface area contributed by atoms with Crippen molar-refractivity contribution in [1.29, 1.82) is 0 Å². The molecule has 0 aliphatic carbocycles. The largest absolute Gasteiger partial charge is 2.00 e. The molecule has 0 aromatic heterocycles. The summed E-state index contributed by atoms with van der Waals surface area (Å²) in [6.45, 7) is 17.1. The van der Waals surface area contributed by atoms with Gasteiger partial charge < -0.3 is 29.3 Å². The van der Waals surface area contributed by atoms with Crippen molar-refractivity contribution in [2.75, 3.05) is 13.2 Å². The number of aromatic carboxylic acids is 2. The van der Waals surface area contributed by atoms with Crippen LogP contribution in [0.15, 0.2) is 72.8 Å². The van der Waals surface area contributed by atoms with Crippen LogP contribution >= 0.6 is 0 Å². The van der Waals surface area contributed by atoms with Crippen molar-refractivity contribution in [3.8, 4) is 0 Å². The van der Waals surface area contributed by atoms with Gasteiger partial charge >= 0.3 is 35.8 Å². The molecular formula is C62H100O8Sn. The Morgan fingerprint density at radius 3 is 0.930 bits per heavy atom. The van der Waals surface area contributed by atoms with Crippen LogP contribution in [0.1, 0.15) is 287 Å². The van der Waals surface area contributed by atoms with Gasteiger partial charge in [-0.1, -0.05) is 269 Å². The Morgan fingerprint density at radius 2 is 0.634 bits per heavy atom. The van der Waals surface area contributed by atoms with E-state index in [0.29, 0.717) is 13.2 Å². The minimum absolute atomic E-state index is 0. The van der Waals surface area contributed by atoms with Crippen molar-refractivity contribution in [3.05, 3.63) is 109 Å². The molecule has 4 radical (unpaired) electrons. The van der Waals surface area contributed by atoms with Crippen LogP contribution in [0, 0.1) is 13.8 Å². The zero-order valence-corrected chi connectivity index (χ0v) is 48.4. The van der Waals surface area contributed by atoms with E-state index in [4.69, 9.17) is 9.47 Å². The summed E-state index contributed by atoms with van der Waals surface area (Å²) in [7, 11) is 0. The second-order valence-electron chi connectivity index (χ2n) is 18.2. The quantitative estimate of drug-likeness (QED) is 0.0279. The molecule has 0 unspecified atom stereocenters. The number of hydrogen-bond donors (Lipinski definition) is 0. The molecule has 0 spiro atoms. The van der Waals surface area contributed by atoms with Gasteiger partial charge in [0.2, 0.25) is 0 Å². The predicted octanol–water partition coefficient (Wildman–Crippen LogP) is 16.1. The Labute approximate surface area is 452 Å². The van der Waals surface area contributed by atoms with Crippen molar-refractivity contribution in [3.63, 3.8) is 0 Å². The van der Waals surface area contributed by atoms with Crippen LogP contribution in [0.3, 0.4) is 0 Å². The van der Waals surface area contributed by atoms with Gasteiger partial charge in [-0.05, 0) is 63.5 Å². The van der Waals surface area contributed by atoms with Crippen molar-refractivity contribution in [1.82, 2.24) is 0 Å².